The number of nitrogen functional groups attached to an aromatic ring is 1. The predicted molar refractivity (Wildman–Crippen MR) is 382 cm³/mol. The van der Waals surface area contributed by atoms with E-state index < -0.39 is 0 Å². The number of rotatable bonds is 18. The van der Waals surface area contributed by atoms with E-state index in [1.54, 1.807) is 119 Å². The minimum atomic E-state index is -0.155. The second kappa shape index (κ2) is 42.1. The fourth-order valence-corrected chi connectivity index (χ4v) is 8.06. The Hall–Kier alpha value is -12.3. The number of hydrogen-bond acceptors (Lipinski definition) is 22. The molecular weight excluding hydrogens is 1330 g/mol. The zero-order chi connectivity index (χ0) is 71.0. The Bertz CT molecular complexity index is 4290. The maximum Gasteiger partial charge on any atom is 0.300 e. The fourth-order valence-electron chi connectivity index (χ4n) is 7.40. The molecule has 0 aliphatic rings. The summed E-state index contributed by atoms with van der Waals surface area (Å²) in [6.07, 6.45) is 9.50. The van der Waals surface area contributed by atoms with Gasteiger partial charge in [0.05, 0.1) is 76.9 Å². The van der Waals surface area contributed by atoms with Crippen molar-refractivity contribution in [1.82, 2.24) is 29.9 Å². The molecule has 6 aromatic heterocycles. The number of methoxy groups -OCH3 is 3. The van der Waals surface area contributed by atoms with Gasteiger partial charge in [0.25, 0.3) is 0 Å². The van der Waals surface area contributed by atoms with Gasteiger partial charge in [-0.05, 0) is 94.2 Å². The van der Waals surface area contributed by atoms with Crippen molar-refractivity contribution in [1.29, 1.82) is 5.26 Å². The largest absolute Gasteiger partial charge is 0.506 e. The predicted octanol–water partition coefficient (Wildman–Crippen LogP) is 17.2. The molecular formula is C71H69BrN16O9S. The van der Waals surface area contributed by atoms with Crippen molar-refractivity contribution in [3.63, 3.8) is 0 Å². The topological polar surface area (TPSA) is 374 Å². The third-order valence-corrected chi connectivity index (χ3v) is 13.8. The van der Waals surface area contributed by atoms with Crippen molar-refractivity contribution >= 4 is 74.5 Å². The molecule has 0 bridgehead atoms. The van der Waals surface area contributed by atoms with Crippen molar-refractivity contribution in [3.8, 4) is 51.0 Å². The van der Waals surface area contributed by atoms with Crippen LogP contribution in [0.25, 0.3) is 43.5 Å². The highest BCUT2D eigenvalue weighted by Gasteiger charge is 2.10. The lowest BCUT2D eigenvalue weighted by Gasteiger charge is -2.02. The molecule has 0 spiro atoms. The molecule has 0 radical (unpaired) electrons. The molecule has 0 saturated heterocycles. The number of aromatic nitrogens is 6. The van der Waals surface area contributed by atoms with E-state index in [9.17, 15) is 14.4 Å². The number of carbonyl (C=O) groups excluding carboxylic acids is 3. The lowest BCUT2D eigenvalue weighted by molar-refractivity contribution is 0.0993. The number of nitriles is 1. The summed E-state index contributed by atoms with van der Waals surface area (Å²) in [7, 11) is 4.77. The van der Waals surface area contributed by atoms with Gasteiger partial charge in [0.2, 0.25) is 0 Å². The van der Waals surface area contributed by atoms with E-state index in [1.165, 1.54) is 22.9 Å². The van der Waals surface area contributed by atoms with Crippen LogP contribution < -0.4 is 30.6 Å². The fraction of sp³-hybridized carbons (Fsp3) is 0.155. The van der Waals surface area contributed by atoms with Crippen molar-refractivity contribution in [3.05, 3.63) is 272 Å². The Morgan fingerprint density at radius 3 is 1.20 bits per heavy atom. The van der Waals surface area contributed by atoms with E-state index >= 15 is 0 Å². The van der Waals surface area contributed by atoms with Crippen LogP contribution in [0.2, 0.25) is 0 Å². The number of ether oxygens (including phenoxy) is 3. The number of hydrogen-bond donors (Lipinski definition) is 4. The number of nitrogens with zero attached hydrogens (tertiary/aromatic N) is 13. The summed E-state index contributed by atoms with van der Waals surface area (Å²) in [6.45, 7) is 9.75. The number of thioether (sulfide) groups is 1. The molecule has 0 fully saturated rings. The minimum absolute atomic E-state index is 0.112. The van der Waals surface area contributed by atoms with Crippen molar-refractivity contribution in [2.45, 2.75) is 39.6 Å². The highest BCUT2D eigenvalue weighted by atomic mass is 79.9. The Morgan fingerprint density at radius 2 is 0.878 bits per heavy atom. The number of Topliss-reactive ketones (excluding diaryl/α,β-unsaturated/α-hetero) is 3. The van der Waals surface area contributed by atoms with Gasteiger partial charge in [0.1, 0.15) is 50.9 Å². The Balaban J connectivity index is 0.000000211. The van der Waals surface area contributed by atoms with Crippen LogP contribution in [-0.4, -0.2) is 92.1 Å². The molecule has 0 aliphatic carbocycles. The first-order chi connectivity index (χ1) is 47.3. The van der Waals surface area contributed by atoms with Crippen LogP contribution in [0, 0.1) is 45.3 Å². The van der Waals surface area contributed by atoms with Gasteiger partial charge < -0.3 is 33.9 Å². The average Bonchev–Trinajstić information content (AvgIpc) is 1.74. The van der Waals surface area contributed by atoms with Gasteiger partial charge in [-0.15, -0.1) is 0 Å². The second-order valence-electron chi connectivity index (χ2n) is 20.2. The van der Waals surface area contributed by atoms with Gasteiger partial charge in [-0.25, -0.2) is 29.9 Å². The number of alkyl halides is 1. The summed E-state index contributed by atoms with van der Waals surface area (Å²) in [4.78, 5) is 62.9. The first-order valence-corrected chi connectivity index (χ1v) is 31.2. The molecule has 11 aromatic rings. The van der Waals surface area contributed by atoms with E-state index in [0.29, 0.717) is 74.0 Å². The van der Waals surface area contributed by atoms with Crippen LogP contribution in [0.15, 0.2) is 231 Å². The highest BCUT2D eigenvalue weighted by Crippen LogP contribution is 2.27. The van der Waals surface area contributed by atoms with Crippen LogP contribution in [0.1, 0.15) is 58.9 Å². The Kier molecular flexibility index (Phi) is 32.8. The number of ketones is 3. The van der Waals surface area contributed by atoms with Crippen LogP contribution in [-0.2, 0) is 0 Å². The molecule has 11 rings (SSSR count). The van der Waals surface area contributed by atoms with E-state index in [1.807, 2.05) is 143 Å². The maximum absolute atomic E-state index is 11.3. The molecule has 0 atom stereocenters. The molecule has 5 aromatic carbocycles. The zero-order valence-electron chi connectivity index (χ0n) is 54.6. The number of azide groups is 2. The summed E-state index contributed by atoms with van der Waals surface area (Å²) in [6, 6.07) is 52.5. The third-order valence-electron chi connectivity index (χ3n) is 12.8. The number of pyridine rings is 4. The average molecular weight is 1400 g/mol. The monoisotopic (exact) mass is 1400 g/mol. The molecule has 0 aliphatic heterocycles. The molecule has 25 nitrogen and oxygen atoms in total. The number of oxazole rings is 2. The van der Waals surface area contributed by atoms with Gasteiger partial charge in [-0.1, -0.05) is 175 Å². The number of halogens is 1. The lowest BCUT2D eigenvalue weighted by atomic mass is 10.1. The summed E-state index contributed by atoms with van der Waals surface area (Å²) in [5, 5.41) is 32.8. The standard InChI is InChI=1S/C16H15N3O2.C15H13N3O2.C9H9BrO.2C9H9N3O.C7H6N2OS.C6H8N2O/c1-11-3-5-12(6-4-11)14-10-18-16(21-14)19-15-8-7-13(20-2)9-17-15;1-10-2-4-11(5-3-10)13-9-17-15(20-13)18-14-7-6-12(19)8-16-14;1-7-2-4-8(5-3-7)9(11)6-10;2*1-7-2-4-8(5-3-7)9(13)6-11-12-10;1-10-6-2-3-7(9-4-6)11-5-8;1-9-5-2-3-6(7)8-4-5/h3-10H,1-2H3,(H,17,18,19);2-9,19H,1H3,(H,16,17,18);2-5H,6H2,1H3;2*2-5H,6H2,1H3;2-4H,1H3;2-4H,1H3,(H2,7,8). The summed E-state index contributed by atoms with van der Waals surface area (Å²) < 4.78 is 26.1. The van der Waals surface area contributed by atoms with Crippen LogP contribution in [0.5, 0.6) is 23.0 Å². The quantitative estimate of drug-likeness (QED) is 0.0118. The van der Waals surface area contributed by atoms with Gasteiger partial charge in [0.15, 0.2) is 28.9 Å². The second-order valence-corrected chi connectivity index (χ2v) is 21.5. The van der Waals surface area contributed by atoms with Crippen LogP contribution in [0.3, 0.4) is 0 Å². The van der Waals surface area contributed by atoms with E-state index in [4.69, 9.17) is 50.2 Å². The van der Waals surface area contributed by atoms with Gasteiger partial charge in [0, 0.05) is 49.4 Å². The van der Waals surface area contributed by atoms with Crippen molar-refractivity contribution < 1.29 is 42.5 Å². The van der Waals surface area contributed by atoms with E-state index in [2.05, 4.69) is 76.5 Å². The Labute approximate surface area is 578 Å². The zero-order valence-corrected chi connectivity index (χ0v) is 57.0. The van der Waals surface area contributed by atoms with Crippen molar-refractivity contribution in [2.75, 3.05) is 56.1 Å². The normalized spacial score (nSPS) is 9.63. The molecule has 500 valence electrons. The maximum atomic E-state index is 11.3. The summed E-state index contributed by atoms with van der Waals surface area (Å²) in [5.74, 6) is 5.18. The number of aryl methyl sites for hydroxylation is 5. The summed E-state index contributed by atoms with van der Waals surface area (Å²) >= 11 is 4.15. The molecule has 0 unspecified atom stereocenters. The molecule has 98 heavy (non-hydrogen) atoms. The molecule has 6 heterocycles. The number of carbonyl (C=O) groups is 3. The van der Waals surface area contributed by atoms with Crippen molar-refractivity contribution in [2.24, 2.45) is 10.2 Å². The van der Waals surface area contributed by atoms with E-state index in [0.717, 1.165) is 45.3 Å². The minimum Gasteiger partial charge on any atom is -0.506 e. The molecule has 0 amide bonds. The lowest BCUT2D eigenvalue weighted by Crippen LogP contribution is -2.01. The SMILES string of the molecule is COc1ccc(N)nc1.COc1ccc(Nc2ncc(-c3ccc(C)cc3)o2)nc1.COc1ccc(SC#N)nc1.Cc1ccc(-c2cnc(Nc3ccc(O)cn3)o2)cc1.Cc1ccc(C(=O)CBr)cc1.Cc1ccc(C(=O)CN=[N+]=[N-])cc1.Cc1ccc(C(=O)CN=[N+]=[N-])cc1. The molecule has 0 saturated carbocycles. The van der Waals surface area contributed by atoms with Gasteiger partial charge >= 0.3 is 12.0 Å². The number of benzene rings is 5. The Morgan fingerprint density at radius 1 is 0.510 bits per heavy atom. The van der Waals surface area contributed by atoms with E-state index in [-0.39, 0.29) is 36.2 Å². The molecule has 5 N–H and O–H groups in total. The number of nitrogens with one attached hydrogen (secondary N) is 2. The van der Waals surface area contributed by atoms with Gasteiger partial charge in [-0.3, -0.25) is 25.0 Å². The number of thiocyanates is 1. The smallest absolute Gasteiger partial charge is 0.300 e. The number of aromatic hydroxyl groups is 1. The molecule has 27 heteroatoms. The third kappa shape index (κ3) is 28.1. The number of nitrogens with two attached hydrogens (primary N) is 1. The first-order valence-electron chi connectivity index (χ1n) is 29.3. The highest BCUT2D eigenvalue weighted by molar-refractivity contribution is 9.09. The van der Waals surface area contributed by atoms with Crippen LogP contribution in [0.4, 0.5) is 29.5 Å². The van der Waals surface area contributed by atoms with Crippen LogP contribution >= 0.6 is 27.7 Å². The first kappa shape index (κ1) is 76.4. The number of anilines is 5. The summed E-state index contributed by atoms with van der Waals surface area (Å²) in [5.41, 5.74) is 31.0. The van der Waals surface area contributed by atoms with Gasteiger partial charge in [-0.2, -0.15) is 5.26 Å².